The van der Waals surface area contributed by atoms with Gasteiger partial charge in [-0.3, -0.25) is 9.59 Å². The van der Waals surface area contributed by atoms with Gasteiger partial charge in [0, 0.05) is 23.0 Å². The van der Waals surface area contributed by atoms with Crippen molar-refractivity contribution in [2.24, 2.45) is 0 Å². The molecule has 28 heavy (non-hydrogen) atoms. The SMILES string of the molecule is CC1CC(=O)Nc2cc(S(=O)(=O)CCC(=O)Nc3ccccc3F)ccc2S1. The zero-order valence-electron chi connectivity index (χ0n) is 15.1. The van der Waals surface area contributed by atoms with Gasteiger partial charge in [0.1, 0.15) is 5.82 Å². The van der Waals surface area contributed by atoms with E-state index >= 15 is 0 Å². The zero-order valence-corrected chi connectivity index (χ0v) is 16.7. The van der Waals surface area contributed by atoms with E-state index in [1.165, 1.54) is 42.1 Å². The molecule has 0 spiro atoms. The number of amides is 2. The number of para-hydroxylation sites is 1. The summed E-state index contributed by atoms with van der Waals surface area (Å²) in [5.41, 5.74) is 0.458. The first-order valence-corrected chi connectivity index (χ1v) is 11.2. The molecule has 0 saturated heterocycles. The van der Waals surface area contributed by atoms with E-state index < -0.39 is 27.3 Å². The van der Waals surface area contributed by atoms with Crippen molar-refractivity contribution in [3.63, 3.8) is 0 Å². The fourth-order valence-corrected chi connectivity index (χ4v) is 5.06. The van der Waals surface area contributed by atoms with Gasteiger partial charge in [-0.2, -0.15) is 0 Å². The van der Waals surface area contributed by atoms with Crippen LogP contribution in [0.1, 0.15) is 19.8 Å². The minimum Gasteiger partial charge on any atom is -0.325 e. The van der Waals surface area contributed by atoms with Gasteiger partial charge in [0.25, 0.3) is 0 Å². The molecule has 1 aliphatic rings. The summed E-state index contributed by atoms with van der Waals surface area (Å²) in [6.45, 7) is 1.93. The van der Waals surface area contributed by atoms with Crippen LogP contribution in [0.3, 0.4) is 0 Å². The van der Waals surface area contributed by atoms with Crippen molar-refractivity contribution >= 4 is 44.8 Å². The average Bonchev–Trinajstić information content (AvgIpc) is 2.77. The van der Waals surface area contributed by atoms with E-state index in [4.69, 9.17) is 0 Å². The number of carbonyl (C=O) groups is 2. The topological polar surface area (TPSA) is 92.3 Å². The molecule has 0 radical (unpaired) electrons. The van der Waals surface area contributed by atoms with Crippen LogP contribution in [0.15, 0.2) is 52.3 Å². The number of carbonyl (C=O) groups excluding carboxylic acids is 2. The van der Waals surface area contributed by atoms with Gasteiger partial charge in [-0.1, -0.05) is 19.1 Å². The molecule has 1 heterocycles. The van der Waals surface area contributed by atoms with E-state index in [1.54, 1.807) is 12.1 Å². The predicted molar refractivity (Wildman–Crippen MR) is 107 cm³/mol. The lowest BCUT2D eigenvalue weighted by molar-refractivity contribution is -0.116. The predicted octanol–water partition coefficient (Wildman–Crippen LogP) is 3.45. The average molecular weight is 423 g/mol. The second kappa shape index (κ2) is 8.32. The maximum Gasteiger partial charge on any atom is 0.225 e. The van der Waals surface area contributed by atoms with Gasteiger partial charge < -0.3 is 10.6 Å². The Hall–Kier alpha value is -2.39. The first-order valence-electron chi connectivity index (χ1n) is 8.62. The summed E-state index contributed by atoms with van der Waals surface area (Å²) in [4.78, 5) is 24.7. The number of hydrogen-bond donors (Lipinski definition) is 2. The minimum absolute atomic E-state index is 0.00351. The lowest BCUT2D eigenvalue weighted by atomic mass is 10.3. The van der Waals surface area contributed by atoms with Crippen LogP contribution in [-0.4, -0.2) is 31.2 Å². The summed E-state index contributed by atoms with van der Waals surface area (Å²) >= 11 is 1.50. The van der Waals surface area contributed by atoms with Crippen molar-refractivity contribution in [3.8, 4) is 0 Å². The van der Waals surface area contributed by atoms with Gasteiger partial charge in [-0.05, 0) is 30.3 Å². The third kappa shape index (κ3) is 4.90. The Kier molecular flexibility index (Phi) is 6.04. The van der Waals surface area contributed by atoms with E-state index in [1.807, 2.05) is 6.92 Å². The highest BCUT2D eigenvalue weighted by molar-refractivity contribution is 8.00. The van der Waals surface area contributed by atoms with Gasteiger partial charge in [-0.25, -0.2) is 12.8 Å². The van der Waals surface area contributed by atoms with E-state index in [9.17, 15) is 22.4 Å². The van der Waals surface area contributed by atoms with Crippen molar-refractivity contribution in [1.29, 1.82) is 0 Å². The Balaban J connectivity index is 1.70. The number of benzene rings is 2. The Bertz CT molecular complexity index is 1020. The van der Waals surface area contributed by atoms with Crippen molar-refractivity contribution in [3.05, 3.63) is 48.3 Å². The molecule has 2 aromatic rings. The number of halogens is 1. The van der Waals surface area contributed by atoms with Gasteiger partial charge in [0.05, 0.1) is 22.0 Å². The summed E-state index contributed by atoms with van der Waals surface area (Å²) in [7, 11) is -3.75. The number of rotatable bonds is 5. The smallest absolute Gasteiger partial charge is 0.225 e. The molecule has 1 aliphatic heterocycles. The molecule has 2 amide bonds. The van der Waals surface area contributed by atoms with Crippen molar-refractivity contribution in [2.45, 2.75) is 34.8 Å². The summed E-state index contributed by atoms with van der Waals surface area (Å²) in [5, 5.41) is 5.18. The standard InChI is InChI=1S/C19H19FN2O4S2/c1-12-10-19(24)22-16-11-13(6-7-17(16)27-12)28(25,26)9-8-18(23)21-15-5-3-2-4-14(15)20/h2-7,11-12H,8-10H2,1H3,(H,21,23)(H,22,24). The molecule has 1 unspecified atom stereocenters. The van der Waals surface area contributed by atoms with Crippen LogP contribution in [-0.2, 0) is 19.4 Å². The Labute approximate surface area is 166 Å². The number of hydrogen-bond acceptors (Lipinski definition) is 5. The third-order valence-electron chi connectivity index (χ3n) is 4.13. The lowest BCUT2D eigenvalue weighted by Crippen LogP contribution is -2.18. The highest BCUT2D eigenvalue weighted by atomic mass is 32.2. The molecule has 2 N–H and O–H groups in total. The second-order valence-electron chi connectivity index (χ2n) is 6.44. The van der Waals surface area contributed by atoms with E-state index in [-0.39, 0.29) is 28.2 Å². The van der Waals surface area contributed by atoms with Crippen LogP contribution in [0.25, 0.3) is 0 Å². The van der Waals surface area contributed by atoms with E-state index in [2.05, 4.69) is 10.6 Å². The Morgan fingerprint density at radius 1 is 1.29 bits per heavy atom. The molecular formula is C19H19FN2O4S2. The molecule has 2 aromatic carbocycles. The first-order chi connectivity index (χ1) is 13.2. The fourth-order valence-electron chi connectivity index (χ4n) is 2.74. The molecule has 0 aliphatic carbocycles. The molecular weight excluding hydrogens is 403 g/mol. The van der Waals surface area contributed by atoms with E-state index in [0.717, 1.165) is 4.90 Å². The molecule has 6 nitrogen and oxygen atoms in total. The minimum atomic E-state index is -3.75. The van der Waals surface area contributed by atoms with Crippen LogP contribution in [0.2, 0.25) is 0 Å². The van der Waals surface area contributed by atoms with Crippen LogP contribution < -0.4 is 10.6 Å². The number of nitrogens with one attached hydrogen (secondary N) is 2. The fraction of sp³-hybridized carbons (Fsp3) is 0.263. The van der Waals surface area contributed by atoms with E-state index in [0.29, 0.717) is 12.1 Å². The van der Waals surface area contributed by atoms with Crippen molar-refractivity contribution in [2.75, 3.05) is 16.4 Å². The molecule has 0 fully saturated rings. The van der Waals surface area contributed by atoms with Gasteiger partial charge in [0.2, 0.25) is 11.8 Å². The number of thioether (sulfide) groups is 1. The van der Waals surface area contributed by atoms with Crippen molar-refractivity contribution in [1.82, 2.24) is 0 Å². The third-order valence-corrected chi connectivity index (χ3v) is 7.02. The van der Waals surface area contributed by atoms with Crippen LogP contribution >= 0.6 is 11.8 Å². The number of anilines is 2. The van der Waals surface area contributed by atoms with Crippen LogP contribution in [0, 0.1) is 5.82 Å². The number of sulfone groups is 1. The first kappa shape index (κ1) is 20.3. The maximum atomic E-state index is 13.6. The molecule has 0 aromatic heterocycles. The van der Waals surface area contributed by atoms with Crippen LogP contribution in [0.4, 0.5) is 15.8 Å². The maximum absolute atomic E-state index is 13.6. The monoisotopic (exact) mass is 422 g/mol. The molecule has 1 atom stereocenters. The zero-order chi connectivity index (χ0) is 20.3. The summed E-state index contributed by atoms with van der Waals surface area (Å²) in [5.74, 6) is -1.78. The summed E-state index contributed by atoms with van der Waals surface area (Å²) in [6, 6.07) is 10.2. The quantitative estimate of drug-likeness (QED) is 0.770. The van der Waals surface area contributed by atoms with Gasteiger partial charge in [-0.15, -0.1) is 11.8 Å². The normalized spacial score (nSPS) is 16.6. The summed E-state index contributed by atoms with van der Waals surface area (Å²) < 4.78 is 38.8. The largest absolute Gasteiger partial charge is 0.325 e. The highest BCUT2D eigenvalue weighted by Crippen LogP contribution is 2.36. The molecule has 0 bridgehead atoms. The van der Waals surface area contributed by atoms with Crippen LogP contribution in [0.5, 0.6) is 0 Å². The van der Waals surface area contributed by atoms with Crippen molar-refractivity contribution < 1.29 is 22.4 Å². The number of fused-ring (bicyclic) bond motifs is 1. The Morgan fingerprint density at radius 2 is 2.04 bits per heavy atom. The molecule has 3 rings (SSSR count). The molecule has 148 valence electrons. The summed E-state index contributed by atoms with van der Waals surface area (Å²) in [6.07, 6.45) is 0.0313. The highest BCUT2D eigenvalue weighted by Gasteiger charge is 2.23. The van der Waals surface area contributed by atoms with Gasteiger partial charge >= 0.3 is 0 Å². The lowest BCUT2D eigenvalue weighted by Gasteiger charge is -2.11. The van der Waals surface area contributed by atoms with Gasteiger partial charge in [0.15, 0.2) is 9.84 Å². The second-order valence-corrected chi connectivity index (χ2v) is 10.0. The molecule has 9 heteroatoms. The Morgan fingerprint density at radius 3 is 2.79 bits per heavy atom. The molecule has 0 saturated carbocycles.